The average molecular weight is 467 g/mol. The first kappa shape index (κ1) is 23.9. The highest BCUT2D eigenvalue weighted by Crippen LogP contribution is 2.48. The molecule has 0 N–H and O–H groups in total. The smallest absolute Gasteiger partial charge is 0.410 e. The van der Waals surface area contributed by atoms with Gasteiger partial charge in [0.25, 0.3) is 0 Å². The molecule has 1 unspecified atom stereocenters. The van der Waals surface area contributed by atoms with Crippen molar-refractivity contribution in [2.24, 2.45) is 5.41 Å². The Hall–Kier alpha value is -1.85. The number of piperidine rings is 1. The quantitative estimate of drug-likeness (QED) is 0.560. The van der Waals surface area contributed by atoms with Crippen LogP contribution in [0.25, 0.3) is 6.08 Å². The molecule has 34 heavy (non-hydrogen) atoms. The molecule has 3 heterocycles. The van der Waals surface area contributed by atoms with E-state index in [9.17, 15) is 4.79 Å². The van der Waals surface area contributed by atoms with Gasteiger partial charge in [-0.2, -0.15) is 0 Å². The lowest BCUT2D eigenvalue weighted by Crippen LogP contribution is -2.58. The predicted octanol–water partition coefficient (Wildman–Crippen LogP) is 5.85. The zero-order valence-corrected chi connectivity index (χ0v) is 21.4. The monoisotopic (exact) mass is 466 g/mol. The van der Waals surface area contributed by atoms with Gasteiger partial charge in [-0.3, -0.25) is 0 Å². The zero-order valence-electron chi connectivity index (χ0n) is 21.4. The molecule has 0 radical (unpaired) electrons. The highest BCUT2D eigenvalue weighted by molar-refractivity contribution is 5.69. The van der Waals surface area contributed by atoms with Gasteiger partial charge in [-0.05, 0) is 95.9 Å². The van der Waals surface area contributed by atoms with E-state index < -0.39 is 5.60 Å². The Balaban J connectivity index is 1.14. The fourth-order valence-corrected chi connectivity index (χ4v) is 6.58. The van der Waals surface area contributed by atoms with E-state index in [-0.39, 0.29) is 6.09 Å². The van der Waals surface area contributed by atoms with E-state index in [1.165, 1.54) is 61.9 Å². The number of carbonyl (C=O) groups is 1. The molecule has 0 aromatic heterocycles. The summed E-state index contributed by atoms with van der Waals surface area (Å²) in [7, 11) is 0. The maximum absolute atomic E-state index is 12.4. The second-order valence-electron chi connectivity index (χ2n) is 12.1. The van der Waals surface area contributed by atoms with Crippen LogP contribution in [0.2, 0.25) is 0 Å². The number of amides is 1. The summed E-state index contributed by atoms with van der Waals surface area (Å²) in [4.78, 5) is 17.0. The Bertz CT molecular complexity index is 896. The van der Waals surface area contributed by atoms with Crippen molar-refractivity contribution in [3.8, 4) is 0 Å². The number of benzene rings is 1. The molecule has 5 nitrogen and oxygen atoms in total. The summed E-state index contributed by atoms with van der Waals surface area (Å²) in [5, 5.41) is 0. The van der Waals surface area contributed by atoms with Crippen LogP contribution in [0, 0.1) is 5.41 Å². The van der Waals surface area contributed by atoms with Gasteiger partial charge in [0, 0.05) is 24.5 Å². The number of ether oxygens (including phenoxy) is 2. The van der Waals surface area contributed by atoms with Gasteiger partial charge < -0.3 is 19.3 Å². The van der Waals surface area contributed by atoms with Gasteiger partial charge in [0.1, 0.15) is 5.60 Å². The minimum Gasteiger partial charge on any atom is -0.444 e. The van der Waals surface area contributed by atoms with Crippen LogP contribution in [-0.4, -0.2) is 66.9 Å². The molecule has 1 saturated carbocycles. The van der Waals surface area contributed by atoms with Gasteiger partial charge in [0.05, 0.1) is 13.2 Å². The molecule has 3 saturated heterocycles. The summed E-state index contributed by atoms with van der Waals surface area (Å²) in [5.41, 5.74) is 4.42. The van der Waals surface area contributed by atoms with Crippen LogP contribution in [0.3, 0.4) is 0 Å². The lowest BCUT2D eigenvalue weighted by Gasteiger charge is -2.48. The van der Waals surface area contributed by atoms with Gasteiger partial charge in [-0.15, -0.1) is 0 Å². The molecule has 4 fully saturated rings. The third kappa shape index (κ3) is 5.36. The van der Waals surface area contributed by atoms with Crippen LogP contribution in [0.1, 0.15) is 82.8 Å². The highest BCUT2D eigenvalue weighted by Gasteiger charge is 2.51. The molecular formula is C29H42N2O3. The molecule has 1 aliphatic carbocycles. The fraction of sp³-hybridized carbons (Fsp3) is 0.690. The van der Waals surface area contributed by atoms with Crippen molar-refractivity contribution in [1.82, 2.24) is 9.80 Å². The van der Waals surface area contributed by atoms with Gasteiger partial charge in [-0.1, -0.05) is 35.9 Å². The third-order valence-corrected chi connectivity index (χ3v) is 8.36. The van der Waals surface area contributed by atoms with Gasteiger partial charge in [0.2, 0.25) is 0 Å². The van der Waals surface area contributed by atoms with Crippen LogP contribution in [0.5, 0.6) is 0 Å². The molecule has 1 atom stereocenters. The SMILES string of the molecule is CC(C)(C)OC(=O)N1CC2(CCC(N3CCC(c4ccccc4C=C4CCOCC4)CC3)C2)C1. The van der Waals surface area contributed by atoms with E-state index in [2.05, 4.69) is 35.2 Å². The van der Waals surface area contributed by atoms with Crippen LogP contribution < -0.4 is 0 Å². The predicted molar refractivity (Wildman–Crippen MR) is 136 cm³/mol. The first-order valence-corrected chi connectivity index (χ1v) is 13.4. The molecular weight excluding hydrogens is 424 g/mol. The van der Waals surface area contributed by atoms with Gasteiger partial charge in [0.15, 0.2) is 0 Å². The molecule has 5 heteroatoms. The number of nitrogens with zero attached hydrogens (tertiary/aromatic N) is 2. The first-order valence-electron chi connectivity index (χ1n) is 13.4. The van der Waals surface area contributed by atoms with Crippen molar-refractivity contribution in [3.05, 3.63) is 41.0 Å². The summed E-state index contributed by atoms with van der Waals surface area (Å²) in [6.07, 6.45) is 10.7. The van der Waals surface area contributed by atoms with Crippen LogP contribution in [0.15, 0.2) is 29.8 Å². The Morgan fingerprint density at radius 2 is 1.79 bits per heavy atom. The number of hydrogen-bond acceptors (Lipinski definition) is 4. The van der Waals surface area contributed by atoms with E-state index in [0.717, 1.165) is 39.1 Å². The van der Waals surface area contributed by atoms with Crippen molar-refractivity contribution in [2.75, 3.05) is 39.4 Å². The molecule has 1 aromatic rings. The van der Waals surface area contributed by atoms with Gasteiger partial charge in [-0.25, -0.2) is 4.79 Å². The second kappa shape index (κ2) is 9.66. The summed E-state index contributed by atoms with van der Waals surface area (Å²) in [5.74, 6) is 0.658. The first-order chi connectivity index (χ1) is 16.3. The Labute approximate surface area is 205 Å². The lowest BCUT2D eigenvalue weighted by atomic mass is 9.78. The minimum atomic E-state index is -0.414. The molecule has 0 bridgehead atoms. The largest absolute Gasteiger partial charge is 0.444 e. The molecule has 5 rings (SSSR count). The van der Waals surface area contributed by atoms with E-state index >= 15 is 0 Å². The van der Waals surface area contributed by atoms with Crippen LogP contribution in [0.4, 0.5) is 4.79 Å². The van der Waals surface area contributed by atoms with Crippen molar-refractivity contribution in [3.63, 3.8) is 0 Å². The average Bonchev–Trinajstić information content (AvgIpc) is 3.24. The summed E-state index contributed by atoms with van der Waals surface area (Å²) >= 11 is 0. The van der Waals surface area contributed by atoms with E-state index in [4.69, 9.17) is 9.47 Å². The summed E-state index contributed by atoms with van der Waals surface area (Å²) in [6, 6.07) is 9.73. The second-order valence-corrected chi connectivity index (χ2v) is 12.1. The lowest BCUT2D eigenvalue weighted by molar-refractivity contribution is -0.0347. The topological polar surface area (TPSA) is 42.0 Å². The Morgan fingerprint density at radius 1 is 1.09 bits per heavy atom. The number of hydrogen-bond donors (Lipinski definition) is 0. The summed E-state index contributed by atoms with van der Waals surface area (Å²) < 4.78 is 11.1. The minimum absolute atomic E-state index is 0.142. The standard InChI is InChI=1S/C29H42N2O3/c1-28(2,3)34-27(32)31-20-29(21-31)13-8-25(19-29)30-14-9-23(10-15-30)26-7-5-4-6-24(26)18-22-11-16-33-17-12-22/h4-7,18,23,25H,8-17,19-21H2,1-3H3. The van der Waals surface area contributed by atoms with Crippen LogP contribution >= 0.6 is 0 Å². The number of carbonyl (C=O) groups excluding carboxylic acids is 1. The van der Waals surface area contributed by atoms with Crippen molar-refractivity contribution in [1.29, 1.82) is 0 Å². The van der Waals surface area contributed by atoms with E-state index in [1.54, 1.807) is 0 Å². The molecule has 1 aromatic carbocycles. The zero-order chi connectivity index (χ0) is 23.8. The normalized spacial score (nSPS) is 25.9. The molecule has 1 amide bonds. The van der Waals surface area contributed by atoms with Gasteiger partial charge >= 0.3 is 6.09 Å². The fourth-order valence-electron chi connectivity index (χ4n) is 6.58. The number of likely N-dealkylation sites (tertiary alicyclic amines) is 2. The Morgan fingerprint density at radius 3 is 2.50 bits per heavy atom. The summed E-state index contributed by atoms with van der Waals surface area (Å²) in [6.45, 7) is 11.7. The molecule has 3 aliphatic heterocycles. The number of rotatable bonds is 3. The maximum Gasteiger partial charge on any atom is 0.410 e. The van der Waals surface area contributed by atoms with E-state index in [1.807, 2.05) is 25.7 Å². The van der Waals surface area contributed by atoms with E-state index in [0.29, 0.717) is 17.4 Å². The molecule has 186 valence electrons. The molecule has 4 aliphatic rings. The van der Waals surface area contributed by atoms with Crippen molar-refractivity contribution >= 4 is 12.2 Å². The van der Waals surface area contributed by atoms with Crippen LogP contribution in [-0.2, 0) is 9.47 Å². The Kier molecular flexibility index (Phi) is 6.78. The highest BCUT2D eigenvalue weighted by atomic mass is 16.6. The third-order valence-electron chi connectivity index (χ3n) is 8.36. The molecule has 1 spiro atoms. The maximum atomic E-state index is 12.4. The van der Waals surface area contributed by atoms with Crippen molar-refractivity contribution in [2.45, 2.75) is 83.3 Å². The van der Waals surface area contributed by atoms with Crippen molar-refractivity contribution < 1.29 is 14.3 Å².